The molecule has 1 heterocycles. The first-order valence-electron chi connectivity index (χ1n) is 6.42. The van der Waals surface area contributed by atoms with Gasteiger partial charge in [-0.05, 0) is 24.3 Å². The quantitative estimate of drug-likeness (QED) is 0.655. The lowest BCUT2D eigenvalue weighted by Gasteiger charge is -2.26. The molecule has 8 heteroatoms. The fourth-order valence-electron chi connectivity index (χ4n) is 1.49. The average molecular weight is 319 g/mol. The van der Waals surface area contributed by atoms with Crippen LogP contribution >= 0.6 is 11.3 Å². The van der Waals surface area contributed by atoms with E-state index < -0.39 is 15.6 Å². The molecule has 0 atom stereocenters. The Labute approximate surface area is 123 Å². The molecule has 114 valence electrons. The minimum atomic E-state index is -3.60. The summed E-state index contributed by atoms with van der Waals surface area (Å²) in [5.74, 6) is -0.387. The molecule has 1 aromatic rings. The molecule has 0 saturated heterocycles. The third-order valence-corrected chi connectivity index (χ3v) is 6.03. The van der Waals surface area contributed by atoms with Crippen molar-refractivity contribution in [1.29, 1.82) is 0 Å². The molecule has 0 radical (unpaired) electrons. The molecule has 0 fully saturated rings. The molecule has 1 amide bonds. The third-order valence-electron chi connectivity index (χ3n) is 3.23. The summed E-state index contributed by atoms with van der Waals surface area (Å²) in [7, 11) is -3.60. The van der Waals surface area contributed by atoms with E-state index in [4.69, 9.17) is 5.73 Å². The summed E-state index contributed by atoms with van der Waals surface area (Å²) >= 11 is 1.10. The van der Waals surface area contributed by atoms with E-state index in [0.29, 0.717) is 6.54 Å². The van der Waals surface area contributed by atoms with Gasteiger partial charge in [0.15, 0.2) is 0 Å². The summed E-state index contributed by atoms with van der Waals surface area (Å²) in [5.41, 5.74) is 5.61. The summed E-state index contributed by atoms with van der Waals surface area (Å²) in [6, 6.07) is 3.13. The smallest absolute Gasteiger partial charge is 0.250 e. The van der Waals surface area contributed by atoms with Crippen LogP contribution in [0.25, 0.3) is 0 Å². The van der Waals surface area contributed by atoms with Crippen molar-refractivity contribution in [2.24, 2.45) is 5.73 Å². The van der Waals surface area contributed by atoms with Crippen LogP contribution in [0.5, 0.6) is 0 Å². The van der Waals surface area contributed by atoms with E-state index in [9.17, 15) is 13.2 Å². The monoisotopic (exact) mass is 319 g/mol. The number of nitrogens with one attached hydrogen (secondary N) is 2. The second-order valence-corrected chi connectivity index (χ2v) is 7.54. The van der Waals surface area contributed by atoms with Gasteiger partial charge in [0.1, 0.15) is 4.21 Å². The van der Waals surface area contributed by atoms with Gasteiger partial charge in [-0.2, -0.15) is 0 Å². The number of carbonyl (C=O) groups is 1. The molecular formula is C12H21N3O3S2. The second-order valence-electron chi connectivity index (χ2n) is 4.60. The molecule has 0 aliphatic heterocycles. The van der Waals surface area contributed by atoms with E-state index in [0.717, 1.165) is 24.2 Å². The van der Waals surface area contributed by atoms with Crippen molar-refractivity contribution in [3.05, 3.63) is 17.5 Å². The van der Waals surface area contributed by atoms with Gasteiger partial charge in [-0.15, -0.1) is 11.3 Å². The third kappa shape index (κ3) is 4.86. The molecule has 0 aliphatic rings. The van der Waals surface area contributed by atoms with Crippen molar-refractivity contribution in [3.8, 4) is 0 Å². The number of sulfonamides is 1. The molecule has 0 spiro atoms. The first-order chi connectivity index (χ1) is 9.33. The lowest BCUT2D eigenvalue weighted by molar-refractivity contribution is -0.120. The molecule has 1 rings (SSSR count). The van der Waals surface area contributed by atoms with Gasteiger partial charge in [0.25, 0.3) is 10.0 Å². The Morgan fingerprint density at radius 3 is 2.55 bits per heavy atom. The Balaban J connectivity index is 2.45. The van der Waals surface area contributed by atoms with Gasteiger partial charge in [-0.1, -0.05) is 19.9 Å². The van der Waals surface area contributed by atoms with E-state index in [1.807, 2.05) is 13.8 Å². The number of rotatable bonds is 8. The van der Waals surface area contributed by atoms with Gasteiger partial charge in [-0.3, -0.25) is 4.79 Å². The molecule has 0 aromatic carbocycles. The lowest BCUT2D eigenvalue weighted by atomic mass is 9.94. The fraction of sp³-hybridized carbons (Fsp3) is 0.583. The zero-order valence-electron chi connectivity index (χ0n) is 11.7. The highest BCUT2D eigenvalue weighted by Crippen LogP contribution is 2.14. The number of hydrogen-bond donors (Lipinski definition) is 3. The number of carbonyl (C=O) groups excluding carboxylic acids is 1. The maximum atomic E-state index is 11.8. The van der Waals surface area contributed by atoms with E-state index in [-0.39, 0.29) is 16.7 Å². The van der Waals surface area contributed by atoms with Crippen molar-refractivity contribution in [2.45, 2.75) is 36.4 Å². The standard InChI is InChI=1S/C12H21N3O3S2/c1-3-12(13,4-2)9-14-10(16)8-15-20(17,18)11-6-5-7-19-11/h5-7,15H,3-4,8-9,13H2,1-2H3,(H,14,16). The van der Waals surface area contributed by atoms with Crippen LogP contribution in [0.4, 0.5) is 0 Å². The molecule has 6 nitrogen and oxygen atoms in total. The van der Waals surface area contributed by atoms with Crippen molar-refractivity contribution in [2.75, 3.05) is 13.1 Å². The molecule has 0 bridgehead atoms. The number of hydrogen-bond acceptors (Lipinski definition) is 5. The maximum Gasteiger partial charge on any atom is 0.250 e. The highest BCUT2D eigenvalue weighted by Gasteiger charge is 2.21. The molecule has 0 unspecified atom stereocenters. The zero-order chi connectivity index (χ0) is 15.2. The van der Waals surface area contributed by atoms with Crippen LogP contribution in [0.2, 0.25) is 0 Å². The Morgan fingerprint density at radius 2 is 2.05 bits per heavy atom. The second kappa shape index (κ2) is 7.16. The van der Waals surface area contributed by atoms with Crippen LogP contribution in [0.15, 0.2) is 21.7 Å². The van der Waals surface area contributed by atoms with Crippen LogP contribution < -0.4 is 15.8 Å². The van der Waals surface area contributed by atoms with Crippen molar-refractivity contribution in [1.82, 2.24) is 10.0 Å². The van der Waals surface area contributed by atoms with Crippen LogP contribution in [0.3, 0.4) is 0 Å². The maximum absolute atomic E-state index is 11.8. The summed E-state index contributed by atoms with van der Waals surface area (Å²) in [5, 5.41) is 4.32. The Morgan fingerprint density at radius 1 is 1.40 bits per heavy atom. The van der Waals surface area contributed by atoms with E-state index >= 15 is 0 Å². The first kappa shape index (κ1) is 17.1. The van der Waals surface area contributed by atoms with Gasteiger partial charge in [0, 0.05) is 12.1 Å². The molecule has 1 aromatic heterocycles. The van der Waals surface area contributed by atoms with Gasteiger partial charge in [-0.25, -0.2) is 13.1 Å². The average Bonchev–Trinajstić information content (AvgIpc) is 2.97. The minimum Gasteiger partial charge on any atom is -0.353 e. The highest BCUT2D eigenvalue weighted by atomic mass is 32.2. The number of nitrogens with two attached hydrogens (primary N) is 1. The van der Waals surface area contributed by atoms with E-state index in [1.54, 1.807) is 11.4 Å². The number of thiophene rings is 1. The Hall–Kier alpha value is -0.960. The Bertz CT molecular complexity index is 522. The van der Waals surface area contributed by atoms with E-state index in [2.05, 4.69) is 10.0 Å². The highest BCUT2D eigenvalue weighted by molar-refractivity contribution is 7.91. The van der Waals surface area contributed by atoms with Crippen LogP contribution in [0.1, 0.15) is 26.7 Å². The molecular weight excluding hydrogens is 298 g/mol. The topological polar surface area (TPSA) is 101 Å². The number of amides is 1. The SMILES string of the molecule is CCC(N)(CC)CNC(=O)CNS(=O)(=O)c1cccs1. The molecule has 20 heavy (non-hydrogen) atoms. The van der Waals surface area contributed by atoms with E-state index in [1.165, 1.54) is 6.07 Å². The molecule has 4 N–H and O–H groups in total. The Kier molecular flexibility index (Phi) is 6.12. The largest absolute Gasteiger partial charge is 0.353 e. The fourth-order valence-corrected chi connectivity index (χ4v) is 3.50. The van der Waals surface area contributed by atoms with Gasteiger partial charge in [0.2, 0.25) is 5.91 Å². The predicted molar refractivity (Wildman–Crippen MR) is 80.0 cm³/mol. The first-order valence-corrected chi connectivity index (χ1v) is 8.78. The summed E-state index contributed by atoms with van der Waals surface area (Å²) in [4.78, 5) is 11.6. The van der Waals surface area contributed by atoms with Crippen LogP contribution in [0, 0.1) is 0 Å². The molecule has 0 saturated carbocycles. The van der Waals surface area contributed by atoms with Crippen LogP contribution in [-0.4, -0.2) is 33.0 Å². The van der Waals surface area contributed by atoms with Gasteiger partial charge in [0.05, 0.1) is 6.54 Å². The lowest BCUT2D eigenvalue weighted by Crippen LogP contribution is -2.50. The van der Waals surface area contributed by atoms with Gasteiger partial charge < -0.3 is 11.1 Å². The van der Waals surface area contributed by atoms with Crippen molar-refractivity contribution in [3.63, 3.8) is 0 Å². The van der Waals surface area contributed by atoms with Crippen molar-refractivity contribution < 1.29 is 13.2 Å². The van der Waals surface area contributed by atoms with Crippen LogP contribution in [-0.2, 0) is 14.8 Å². The zero-order valence-corrected chi connectivity index (χ0v) is 13.3. The van der Waals surface area contributed by atoms with Gasteiger partial charge >= 0.3 is 0 Å². The summed E-state index contributed by atoms with van der Waals surface area (Å²) in [6.07, 6.45) is 1.48. The van der Waals surface area contributed by atoms with Crippen molar-refractivity contribution >= 4 is 27.3 Å². The normalized spacial score (nSPS) is 12.3. The molecule has 0 aliphatic carbocycles. The predicted octanol–water partition coefficient (Wildman–Crippen LogP) is 0.660. The summed E-state index contributed by atoms with van der Waals surface area (Å²) < 4.78 is 26.1. The summed E-state index contributed by atoms with van der Waals surface area (Å²) in [6.45, 7) is 3.95. The minimum absolute atomic E-state index is 0.195.